The quantitative estimate of drug-likeness (QED) is 0.244. The van der Waals surface area contributed by atoms with E-state index in [-0.39, 0.29) is 11.5 Å². The zero-order chi connectivity index (χ0) is 21.4. The molecule has 0 radical (unpaired) electrons. The SMILES string of the molecule is CC(=O)c1ccc(NC(=O)O[C@@H](c2ccc(O)cc2)[C@H](C)/C=C/C(=O)NO)cc1. The fourth-order valence-corrected chi connectivity index (χ4v) is 2.57. The van der Waals surface area contributed by atoms with Crippen molar-refractivity contribution in [3.05, 3.63) is 71.8 Å². The molecule has 2 atom stereocenters. The van der Waals surface area contributed by atoms with E-state index in [0.29, 0.717) is 16.8 Å². The number of hydrogen-bond donors (Lipinski definition) is 4. The number of carbonyl (C=O) groups excluding carboxylic acids is 3. The van der Waals surface area contributed by atoms with Crippen molar-refractivity contribution in [3.63, 3.8) is 0 Å². The Labute approximate surface area is 167 Å². The lowest BCUT2D eigenvalue weighted by Gasteiger charge is -2.23. The standard InChI is InChI=1S/C21H22N2O6/c1-13(3-12-19(26)23-28)20(16-6-10-18(25)11-7-16)29-21(27)22-17-8-4-15(5-9-17)14(2)24/h3-13,20,25,28H,1-2H3,(H,22,27)(H,23,26)/b12-3+/t13-,20-/m1/s1. The minimum Gasteiger partial charge on any atom is -0.508 e. The van der Waals surface area contributed by atoms with Crippen molar-refractivity contribution in [1.29, 1.82) is 0 Å². The normalized spacial score (nSPS) is 12.8. The zero-order valence-electron chi connectivity index (χ0n) is 16.0. The Morgan fingerprint density at radius 2 is 1.66 bits per heavy atom. The zero-order valence-corrected chi connectivity index (χ0v) is 16.0. The first-order valence-corrected chi connectivity index (χ1v) is 8.80. The van der Waals surface area contributed by atoms with E-state index in [2.05, 4.69) is 5.32 Å². The second-order valence-corrected chi connectivity index (χ2v) is 6.37. The van der Waals surface area contributed by atoms with Crippen molar-refractivity contribution in [2.75, 3.05) is 5.32 Å². The lowest BCUT2D eigenvalue weighted by Crippen LogP contribution is -2.22. The van der Waals surface area contributed by atoms with Crippen molar-refractivity contribution in [3.8, 4) is 5.75 Å². The molecule has 4 N–H and O–H groups in total. The van der Waals surface area contributed by atoms with Gasteiger partial charge in [0.25, 0.3) is 5.91 Å². The lowest BCUT2D eigenvalue weighted by molar-refractivity contribution is -0.124. The molecule has 0 aliphatic heterocycles. The average molecular weight is 398 g/mol. The van der Waals surface area contributed by atoms with Gasteiger partial charge in [0, 0.05) is 23.2 Å². The number of hydroxylamine groups is 1. The van der Waals surface area contributed by atoms with Crippen molar-refractivity contribution in [2.45, 2.75) is 20.0 Å². The number of carbonyl (C=O) groups is 3. The summed E-state index contributed by atoms with van der Waals surface area (Å²) in [4.78, 5) is 35.0. The van der Waals surface area contributed by atoms with Gasteiger partial charge in [-0.1, -0.05) is 25.1 Å². The fourth-order valence-electron chi connectivity index (χ4n) is 2.57. The van der Waals surface area contributed by atoms with Crippen LogP contribution in [0.2, 0.25) is 0 Å². The molecular formula is C21H22N2O6. The summed E-state index contributed by atoms with van der Waals surface area (Å²) < 4.78 is 5.54. The van der Waals surface area contributed by atoms with Crippen LogP contribution in [0.1, 0.15) is 35.9 Å². The summed E-state index contributed by atoms with van der Waals surface area (Å²) in [7, 11) is 0. The van der Waals surface area contributed by atoms with E-state index in [1.165, 1.54) is 30.6 Å². The summed E-state index contributed by atoms with van der Waals surface area (Å²) in [6, 6.07) is 12.5. The van der Waals surface area contributed by atoms with E-state index in [1.54, 1.807) is 43.3 Å². The Morgan fingerprint density at radius 3 is 2.21 bits per heavy atom. The summed E-state index contributed by atoms with van der Waals surface area (Å²) in [5, 5.41) is 20.7. The molecule has 0 unspecified atom stereocenters. The largest absolute Gasteiger partial charge is 0.508 e. The van der Waals surface area contributed by atoms with Crippen molar-refractivity contribution >= 4 is 23.5 Å². The number of nitrogens with one attached hydrogen (secondary N) is 2. The van der Waals surface area contributed by atoms with Gasteiger partial charge in [-0.3, -0.25) is 20.1 Å². The minimum atomic E-state index is -0.769. The number of phenolic OH excluding ortho intramolecular Hbond substituents is 1. The number of benzene rings is 2. The minimum absolute atomic E-state index is 0.0605. The van der Waals surface area contributed by atoms with Gasteiger partial charge in [-0.2, -0.15) is 0 Å². The third-order valence-corrected chi connectivity index (χ3v) is 4.13. The molecule has 0 saturated heterocycles. The van der Waals surface area contributed by atoms with Crippen molar-refractivity contribution in [2.24, 2.45) is 5.92 Å². The van der Waals surface area contributed by atoms with Gasteiger partial charge in [0.05, 0.1) is 0 Å². The van der Waals surface area contributed by atoms with Gasteiger partial charge in [0.2, 0.25) is 0 Å². The Kier molecular flexibility index (Phi) is 7.50. The monoisotopic (exact) mass is 398 g/mol. The number of aromatic hydroxyl groups is 1. The second-order valence-electron chi connectivity index (χ2n) is 6.37. The molecule has 2 amide bonds. The van der Waals surface area contributed by atoms with Crippen LogP contribution in [0.25, 0.3) is 0 Å². The molecule has 0 aliphatic rings. The van der Waals surface area contributed by atoms with E-state index < -0.39 is 24.0 Å². The van der Waals surface area contributed by atoms with Crippen LogP contribution in [0.4, 0.5) is 10.5 Å². The molecule has 0 fully saturated rings. The molecule has 0 spiro atoms. The lowest BCUT2D eigenvalue weighted by atomic mass is 9.96. The number of ketones is 1. The summed E-state index contributed by atoms with van der Waals surface area (Å²) in [6.45, 7) is 3.18. The molecule has 29 heavy (non-hydrogen) atoms. The number of ether oxygens (including phenoxy) is 1. The summed E-state index contributed by atoms with van der Waals surface area (Å²) in [6.07, 6.45) is 1.11. The number of phenols is 1. The molecule has 8 nitrogen and oxygen atoms in total. The van der Waals surface area contributed by atoms with Crippen LogP contribution < -0.4 is 10.8 Å². The van der Waals surface area contributed by atoms with Gasteiger partial charge < -0.3 is 9.84 Å². The first-order valence-electron chi connectivity index (χ1n) is 8.80. The van der Waals surface area contributed by atoms with E-state index in [9.17, 15) is 19.5 Å². The number of hydrogen-bond acceptors (Lipinski definition) is 6. The maximum atomic E-state index is 12.4. The molecule has 152 valence electrons. The molecule has 0 saturated carbocycles. The molecule has 0 bridgehead atoms. The van der Waals surface area contributed by atoms with Crippen LogP contribution in [0.15, 0.2) is 60.7 Å². The molecule has 2 aromatic rings. The van der Waals surface area contributed by atoms with Gasteiger partial charge in [0.1, 0.15) is 11.9 Å². The van der Waals surface area contributed by atoms with Crippen molar-refractivity contribution in [1.82, 2.24) is 5.48 Å². The summed E-state index contributed by atoms with van der Waals surface area (Å²) in [5.74, 6) is -1.16. The van der Waals surface area contributed by atoms with E-state index in [4.69, 9.17) is 9.94 Å². The highest BCUT2D eigenvalue weighted by molar-refractivity contribution is 5.95. The third kappa shape index (κ3) is 6.47. The van der Waals surface area contributed by atoms with Crippen LogP contribution in [0, 0.1) is 5.92 Å². The Balaban J connectivity index is 2.16. The predicted molar refractivity (Wildman–Crippen MR) is 106 cm³/mol. The predicted octanol–water partition coefficient (Wildman–Crippen LogP) is 3.58. The molecule has 2 aromatic carbocycles. The Morgan fingerprint density at radius 1 is 1.03 bits per heavy atom. The molecule has 8 heteroatoms. The topological polar surface area (TPSA) is 125 Å². The first-order chi connectivity index (χ1) is 13.8. The van der Waals surface area contributed by atoms with E-state index in [0.717, 1.165) is 6.08 Å². The van der Waals surface area contributed by atoms with Gasteiger partial charge >= 0.3 is 6.09 Å². The molecular weight excluding hydrogens is 376 g/mol. The maximum absolute atomic E-state index is 12.4. The second kappa shape index (κ2) is 10.0. The number of Topliss-reactive ketones (excluding diaryl/α,β-unsaturated/α-hetero) is 1. The Hall–Kier alpha value is -3.65. The summed E-state index contributed by atoms with van der Waals surface area (Å²) in [5.41, 5.74) is 3.06. The summed E-state index contributed by atoms with van der Waals surface area (Å²) >= 11 is 0. The van der Waals surface area contributed by atoms with Crippen LogP contribution in [-0.4, -0.2) is 28.1 Å². The highest BCUT2D eigenvalue weighted by Gasteiger charge is 2.22. The van der Waals surface area contributed by atoms with Gasteiger partial charge in [-0.25, -0.2) is 10.3 Å². The Bertz CT molecular complexity index is 890. The number of anilines is 1. The molecule has 0 heterocycles. The smallest absolute Gasteiger partial charge is 0.412 e. The first kappa shape index (κ1) is 21.6. The van der Waals surface area contributed by atoms with Gasteiger partial charge in [0.15, 0.2) is 5.78 Å². The maximum Gasteiger partial charge on any atom is 0.412 e. The highest BCUT2D eigenvalue weighted by atomic mass is 16.6. The van der Waals surface area contributed by atoms with Crippen LogP contribution in [0.3, 0.4) is 0 Å². The molecule has 0 aromatic heterocycles. The molecule has 2 rings (SSSR count). The van der Waals surface area contributed by atoms with Crippen molar-refractivity contribution < 1.29 is 29.4 Å². The average Bonchev–Trinajstić information content (AvgIpc) is 2.71. The number of amides is 2. The third-order valence-electron chi connectivity index (χ3n) is 4.13. The fraction of sp³-hybridized carbons (Fsp3) is 0.190. The van der Waals surface area contributed by atoms with Gasteiger partial charge in [-0.05, 0) is 48.9 Å². The number of rotatable bonds is 7. The van der Waals surface area contributed by atoms with Crippen LogP contribution in [0.5, 0.6) is 5.75 Å². The van der Waals surface area contributed by atoms with E-state index >= 15 is 0 Å². The van der Waals surface area contributed by atoms with Crippen LogP contribution in [-0.2, 0) is 9.53 Å². The highest BCUT2D eigenvalue weighted by Crippen LogP contribution is 2.29. The van der Waals surface area contributed by atoms with E-state index in [1.807, 2.05) is 0 Å². The molecule has 0 aliphatic carbocycles. The van der Waals surface area contributed by atoms with Crippen LogP contribution >= 0.6 is 0 Å². The van der Waals surface area contributed by atoms with Gasteiger partial charge in [-0.15, -0.1) is 0 Å².